The molecule has 1 aliphatic heterocycles. The van der Waals surface area contributed by atoms with E-state index in [1.807, 2.05) is 19.9 Å². The van der Waals surface area contributed by atoms with E-state index in [1.54, 1.807) is 0 Å². The summed E-state index contributed by atoms with van der Waals surface area (Å²) >= 11 is 0. The number of nitrogens with zero attached hydrogens (tertiary/aromatic N) is 1. The molecule has 0 spiro atoms. The molecule has 1 fully saturated rings. The normalized spacial score (nSPS) is 19.9. The second-order valence-electron chi connectivity index (χ2n) is 6.81. The minimum Gasteiger partial charge on any atom is -0.489 e. The van der Waals surface area contributed by atoms with Crippen LogP contribution in [0.1, 0.15) is 47.0 Å². The van der Waals surface area contributed by atoms with Gasteiger partial charge in [-0.05, 0) is 57.1 Å². The van der Waals surface area contributed by atoms with Gasteiger partial charge in [-0.25, -0.2) is 0 Å². The lowest BCUT2D eigenvalue weighted by Gasteiger charge is -2.25. The van der Waals surface area contributed by atoms with Gasteiger partial charge in [0.2, 0.25) is 0 Å². The van der Waals surface area contributed by atoms with Gasteiger partial charge in [-0.1, -0.05) is 13.8 Å². The second-order valence-corrected chi connectivity index (χ2v) is 6.81. The van der Waals surface area contributed by atoms with Crippen molar-refractivity contribution in [2.75, 3.05) is 23.7 Å². The average molecular weight is 290 g/mol. The summed E-state index contributed by atoms with van der Waals surface area (Å²) in [6.45, 7) is 11.0. The van der Waals surface area contributed by atoms with Crippen molar-refractivity contribution in [3.8, 4) is 5.75 Å². The first-order valence-electron chi connectivity index (χ1n) is 8.28. The van der Waals surface area contributed by atoms with Crippen molar-refractivity contribution < 1.29 is 4.74 Å². The predicted octanol–water partition coefficient (Wildman–Crippen LogP) is 4.32. The maximum atomic E-state index is 6.02. The summed E-state index contributed by atoms with van der Waals surface area (Å²) in [5, 5.41) is 0. The van der Waals surface area contributed by atoms with Crippen molar-refractivity contribution >= 4 is 11.4 Å². The van der Waals surface area contributed by atoms with E-state index in [0.717, 1.165) is 36.4 Å². The minimum absolute atomic E-state index is 0.150. The van der Waals surface area contributed by atoms with E-state index < -0.39 is 0 Å². The number of nitrogen functional groups attached to an aromatic ring is 1. The summed E-state index contributed by atoms with van der Waals surface area (Å²) in [6, 6.07) is 6.20. The summed E-state index contributed by atoms with van der Waals surface area (Å²) in [6.07, 6.45) is 4.05. The van der Waals surface area contributed by atoms with Crippen LogP contribution in [0.15, 0.2) is 18.2 Å². The zero-order chi connectivity index (χ0) is 15.4. The lowest BCUT2D eigenvalue weighted by Crippen LogP contribution is -2.24. The topological polar surface area (TPSA) is 38.5 Å². The quantitative estimate of drug-likeness (QED) is 0.839. The highest BCUT2D eigenvalue weighted by molar-refractivity contribution is 5.62. The van der Waals surface area contributed by atoms with Gasteiger partial charge in [0.1, 0.15) is 5.75 Å². The third kappa shape index (κ3) is 4.29. The Balaban J connectivity index is 2.10. The zero-order valence-electron chi connectivity index (χ0n) is 13.9. The van der Waals surface area contributed by atoms with E-state index in [4.69, 9.17) is 10.5 Å². The third-order valence-corrected chi connectivity index (χ3v) is 4.44. The number of rotatable bonds is 4. The van der Waals surface area contributed by atoms with Crippen LogP contribution in [-0.2, 0) is 0 Å². The Morgan fingerprint density at radius 2 is 1.90 bits per heavy atom. The molecule has 118 valence electrons. The molecule has 2 N–H and O–H groups in total. The van der Waals surface area contributed by atoms with Crippen LogP contribution in [0.2, 0.25) is 0 Å². The molecule has 1 unspecified atom stereocenters. The van der Waals surface area contributed by atoms with Crippen LogP contribution in [0.25, 0.3) is 0 Å². The van der Waals surface area contributed by atoms with E-state index in [2.05, 4.69) is 30.9 Å². The molecule has 0 bridgehead atoms. The fraction of sp³-hybridized carbons (Fsp3) is 0.667. The smallest absolute Gasteiger partial charge is 0.144 e. The first-order valence-corrected chi connectivity index (χ1v) is 8.28. The number of anilines is 2. The first kappa shape index (κ1) is 16.0. The van der Waals surface area contributed by atoms with Gasteiger partial charge in [0.05, 0.1) is 11.8 Å². The highest BCUT2D eigenvalue weighted by Crippen LogP contribution is 2.31. The van der Waals surface area contributed by atoms with Crippen LogP contribution in [0.3, 0.4) is 0 Å². The molecular weight excluding hydrogens is 260 g/mol. The molecule has 1 aliphatic rings. The lowest BCUT2D eigenvalue weighted by atomic mass is 9.89. The molecule has 2 rings (SSSR count). The van der Waals surface area contributed by atoms with Gasteiger partial charge in [0.15, 0.2) is 0 Å². The molecule has 1 aromatic carbocycles. The molecule has 3 heteroatoms. The Morgan fingerprint density at radius 1 is 1.14 bits per heavy atom. The number of nitrogens with two attached hydrogens (primary N) is 1. The van der Waals surface area contributed by atoms with Gasteiger partial charge in [0, 0.05) is 24.8 Å². The standard InChI is InChI=1S/C18H30N2O/c1-13(2)15-6-5-10-20(11-9-15)16-7-8-17(19)18(12-16)21-14(3)4/h7-8,12-15H,5-6,9-11,19H2,1-4H3. The Labute approximate surface area is 129 Å². The molecule has 3 nitrogen and oxygen atoms in total. The molecular formula is C18H30N2O. The number of ether oxygens (including phenoxy) is 1. The van der Waals surface area contributed by atoms with Crippen molar-refractivity contribution in [2.45, 2.75) is 53.1 Å². The fourth-order valence-corrected chi connectivity index (χ4v) is 3.12. The summed E-state index contributed by atoms with van der Waals surface area (Å²) < 4.78 is 5.82. The molecule has 0 aromatic heterocycles. The van der Waals surface area contributed by atoms with Crippen molar-refractivity contribution in [1.82, 2.24) is 0 Å². The van der Waals surface area contributed by atoms with Gasteiger partial charge in [-0.2, -0.15) is 0 Å². The Hall–Kier alpha value is -1.38. The molecule has 21 heavy (non-hydrogen) atoms. The summed E-state index contributed by atoms with van der Waals surface area (Å²) in [7, 11) is 0. The van der Waals surface area contributed by atoms with Crippen LogP contribution in [0.4, 0.5) is 11.4 Å². The van der Waals surface area contributed by atoms with E-state index in [0.29, 0.717) is 0 Å². The van der Waals surface area contributed by atoms with Crippen molar-refractivity contribution in [1.29, 1.82) is 0 Å². The van der Waals surface area contributed by atoms with E-state index >= 15 is 0 Å². The van der Waals surface area contributed by atoms with Crippen LogP contribution in [0, 0.1) is 11.8 Å². The largest absolute Gasteiger partial charge is 0.489 e. The van der Waals surface area contributed by atoms with E-state index in [9.17, 15) is 0 Å². The average Bonchev–Trinajstić information content (AvgIpc) is 2.66. The molecule has 1 aromatic rings. The molecule has 0 saturated carbocycles. The lowest BCUT2D eigenvalue weighted by molar-refractivity contribution is 0.244. The van der Waals surface area contributed by atoms with Gasteiger partial charge < -0.3 is 15.4 Å². The zero-order valence-corrected chi connectivity index (χ0v) is 13.9. The van der Waals surface area contributed by atoms with Crippen LogP contribution < -0.4 is 15.4 Å². The monoisotopic (exact) mass is 290 g/mol. The maximum Gasteiger partial charge on any atom is 0.144 e. The number of hydrogen-bond donors (Lipinski definition) is 1. The highest BCUT2D eigenvalue weighted by atomic mass is 16.5. The molecule has 0 amide bonds. The van der Waals surface area contributed by atoms with Gasteiger partial charge in [0.25, 0.3) is 0 Å². The maximum absolute atomic E-state index is 6.02. The van der Waals surface area contributed by atoms with Crippen molar-refractivity contribution in [2.24, 2.45) is 11.8 Å². The van der Waals surface area contributed by atoms with Crippen molar-refractivity contribution in [3.05, 3.63) is 18.2 Å². The first-order chi connectivity index (χ1) is 9.97. The molecule has 1 heterocycles. The molecule has 0 radical (unpaired) electrons. The molecule has 1 atom stereocenters. The summed E-state index contributed by atoms with van der Waals surface area (Å²) in [5.41, 5.74) is 7.98. The van der Waals surface area contributed by atoms with Gasteiger partial charge in [-0.3, -0.25) is 0 Å². The van der Waals surface area contributed by atoms with E-state index in [1.165, 1.54) is 24.9 Å². The van der Waals surface area contributed by atoms with Crippen LogP contribution in [-0.4, -0.2) is 19.2 Å². The van der Waals surface area contributed by atoms with Gasteiger partial charge in [-0.15, -0.1) is 0 Å². The summed E-state index contributed by atoms with van der Waals surface area (Å²) in [5.74, 6) is 2.46. The summed E-state index contributed by atoms with van der Waals surface area (Å²) in [4.78, 5) is 2.48. The highest BCUT2D eigenvalue weighted by Gasteiger charge is 2.20. The third-order valence-electron chi connectivity index (χ3n) is 4.44. The SMILES string of the molecule is CC(C)Oc1cc(N2CCCC(C(C)C)CC2)ccc1N. The van der Waals surface area contributed by atoms with Crippen LogP contribution in [0.5, 0.6) is 5.75 Å². The Morgan fingerprint density at radius 3 is 2.57 bits per heavy atom. The number of hydrogen-bond acceptors (Lipinski definition) is 3. The number of benzene rings is 1. The van der Waals surface area contributed by atoms with E-state index in [-0.39, 0.29) is 6.10 Å². The molecule has 0 aliphatic carbocycles. The second kappa shape index (κ2) is 7.06. The Bertz CT molecular complexity index is 457. The Kier molecular flexibility index (Phi) is 5.38. The minimum atomic E-state index is 0.150. The fourth-order valence-electron chi connectivity index (χ4n) is 3.12. The van der Waals surface area contributed by atoms with Crippen molar-refractivity contribution in [3.63, 3.8) is 0 Å². The van der Waals surface area contributed by atoms with Gasteiger partial charge >= 0.3 is 0 Å². The molecule has 1 saturated heterocycles. The van der Waals surface area contributed by atoms with Crippen LogP contribution >= 0.6 is 0 Å². The predicted molar refractivity (Wildman–Crippen MR) is 91.0 cm³/mol.